The van der Waals surface area contributed by atoms with Crippen molar-refractivity contribution in [2.45, 2.75) is 181 Å². The van der Waals surface area contributed by atoms with Gasteiger partial charge in [-0.2, -0.15) is 0 Å². The zero-order valence-electron chi connectivity index (χ0n) is 21.3. The molecule has 0 nitrogen and oxygen atoms in total. The molecular weight excluding hydrogens is 348 g/mol. The molecule has 0 aromatic rings. The fraction of sp³-hybridized carbons (Fsp3) is 1.00. The molecule has 0 fully saturated rings. The second kappa shape index (κ2) is 26.0. The molecule has 0 heterocycles. The summed E-state index contributed by atoms with van der Waals surface area (Å²) in [6.07, 6.45) is 36.8. The highest BCUT2D eigenvalue weighted by Gasteiger charge is 2.08. The number of hydrogen-bond acceptors (Lipinski definition) is 0. The zero-order valence-corrected chi connectivity index (χ0v) is 21.3. The van der Waals surface area contributed by atoms with Gasteiger partial charge in [0, 0.05) is 0 Å². The van der Waals surface area contributed by atoms with Crippen LogP contribution in [0.1, 0.15) is 181 Å². The van der Waals surface area contributed by atoms with Gasteiger partial charge < -0.3 is 0 Å². The lowest BCUT2D eigenvalue weighted by Gasteiger charge is -2.16. The van der Waals surface area contributed by atoms with Crippen LogP contribution in [-0.4, -0.2) is 0 Å². The molecule has 29 heavy (non-hydrogen) atoms. The van der Waals surface area contributed by atoms with Crippen molar-refractivity contribution in [1.82, 2.24) is 0 Å². The predicted molar refractivity (Wildman–Crippen MR) is 136 cm³/mol. The maximum absolute atomic E-state index is 2.35. The average Bonchev–Trinajstić information content (AvgIpc) is 2.73. The molecule has 0 aromatic carbocycles. The van der Waals surface area contributed by atoms with Gasteiger partial charge in [0.25, 0.3) is 0 Å². The van der Waals surface area contributed by atoms with Gasteiger partial charge in [-0.05, 0) is 5.92 Å². The monoisotopic (exact) mass is 408 g/mol. The summed E-state index contributed by atoms with van der Waals surface area (Å²) in [6.45, 7) is 6.98. The molecule has 0 radical (unpaired) electrons. The van der Waals surface area contributed by atoms with Crippen LogP contribution in [0.5, 0.6) is 0 Å². The van der Waals surface area contributed by atoms with Crippen LogP contribution < -0.4 is 0 Å². The highest BCUT2D eigenvalue weighted by molar-refractivity contribution is 4.61. The second-order valence-electron chi connectivity index (χ2n) is 9.95. The second-order valence-corrected chi connectivity index (χ2v) is 9.95. The molecule has 0 saturated heterocycles. The largest absolute Gasteiger partial charge is 0.0654 e. The normalized spacial score (nSPS) is 12.5. The van der Waals surface area contributed by atoms with E-state index in [4.69, 9.17) is 0 Å². The van der Waals surface area contributed by atoms with Gasteiger partial charge in [-0.25, -0.2) is 0 Å². The van der Waals surface area contributed by atoms with E-state index in [2.05, 4.69) is 20.8 Å². The van der Waals surface area contributed by atoms with Gasteiger partial charge >= 0.3 is 0 Å². The Morgan fingerprint density at radius 2 is 0.517 bits per heavy atom. The smallest absolute Gasteiger partial charge is 0.0414 e. The number of unbranched alkanes of at least 4 members (excludes halogenated alkanes) is 19. The molecule has 0 aliphatic rings. The predicted octanol–water partition coefficient (Wildman–Crippen LogP) is 11.4. The van der Waals surface area contributed by atoms with Crippen molar-refractivity contribution in [3.05, 3.63) is 0 Å². The van der Waals surface area contributed by atoms with E-state index >= 15 is 0 Å². The lowest BCUT2D eigenvalue weighted by Crippen LogP contribution is -2.01. The van der Waals surface area contributed by atoms with Crippen LogP contribution in [0, 0.1) is 5.92 Å². The maximum atomic E-state index is 2.35. The molecule has 0 rings (SSSR count). The van der Waals surface area contributed by atoms with Gasteiger partial charge in [-0.3, -0.25) is 0 Å². The standard InChI is InChI=1S/C29H60/c1-4-7-10-12-13-14-15-16-17-18-19-20-21-23-25-28-29(26-9-6-3)27-24-22-11-8-5-2/h29H,4-28H2,1-3H3. The van der Waals surface area contributed by atoms with Crippen molar-refractivity contribution in [2.75, 3.05) is 0 Å². The fourth-order valence-corrected chi connectivity index (χ4v) is 4.77. The summed E-state index contributed by atoms with van der Waals surface area (Å²) in [4.78, 5) is 0. The average molecular weight is 409 g/mol. The minimum atomic E-state index is 1.04. The Morgan fingerprint density at radius 1 is 0.276 bits per heavy atom. The summed E-state index contributed by atoms with van der Waals surface area (Å²) in [5.41, 5.74) is 0. The molecule has 0 aromatic heterocycles. The third-order valence-corrected chi connectivity index (χ3v) is 6.90. The van der Waals surface area contributed by atoms with Crippen LogP contribution in [0.2, 0.25) is 0 Å². The Bertz CT molecular complexity index is 269. The molecule has 1 atom stereocenters. The summed E-state index contributed by atoms with van der Waals surface area (Å²) in [5.74, 6) is 1.04. The Balaban J connectivity index is 3.39. The van der Waals surface area contributed by atoms with Crippen molar-refractivity contribution in [2.24, 2.45) is 5.92 Å². The van der Waals surface area contributed by atoms with Gasteiger partial charge in [0.15, 0.2) is 0 Å². The Morgan fingerprint density at radius 3 is 0.828 bits per heavy atom. The molecule has 0 amide bonds. The first-order chi connectivity index (χ1) is 14.3. The Kier molecular flexibility index (Phi) is 26.0. The fourth-order valence-electron chi connectivity index (χ4n) is 4.77. The highest BCUT2D eigenvalue weighted by Crippen LogP contribution is 2.24. The molecule has 0 spiro atoms. The lowest BCUT2D eigenvalue weighted by atomic mass is 9.90. The molecule has 0 heteroatoms. The molecule has 1 unspecified atom stereocenters. The quantitative estimate of drug-likeness (QED) is 0.132. The SMILES string of the molecule is CCCCCCCCCCCCCCCCCC(CCCC)CCCCCCC. The van der Waals surface area contributed by atoms with Crippen LogP contribution in [0.4, 0.5) is 0 Å². The summed E-state index contributed by atoms with van der Waals surface area (Å²) >= 11 is 0. The van der Waals surface area contributed by atoms with Crippen molar-refractivity contribution in [3.8, 4) is 0 Å². The van der Waals surface area contributed by atoms with E-state index in [1.165, 1.54) is 161 Å². The summed E-state index contributed by atoms with van der Waals surface area (Å²) in [6, 6.07) is 0. The van der Waals surface area contributed by atoms with Crippen molar-refractivity contribution in [3.63, 3.8) is 0 Å². The van der Waals surface area contributed by atoms with E-state index < -0.39 is 0 Å². The summed E-state index contributed by atoms with van der Waals surface area (Å²) < 4.78 is 0. The Hall–Kier alpha value is 0. The van der Waals surface area contributed by atoms with E-state index in [9.17, 15) is 0 Å². The van der Waals surface area contributed by atoms with Gasteiger partial charge in [-0.15, -0.1) is 0 Å². The van der Waals surface area contributed by atoms with E-state index in [-0.39, 0.29) is 0 Å². The maximum Gasteiger partial charge on any atom is -0.0414 e. The van der Waals surface area contributed by atoms with Crippen LogP contribution in [-0.2, 0) is 0 Å². The third-order valence-electron chi connectivity index (χ3n) is 6.90. The van der Waals surface area contributed by atoms with Gasteiger partial charge in [0.2, 0.25) is 0 Å². The summed E-state index contributed by atoms with van der Waals surface area (Å²) in [5, 5.41) is 0. The van der Waals surface area contributed by atoms with E-state index in [1.807, 2.05) is 0 Å². The van der Waals surface area contributed by atoms with Crippen LogP contribution >= 0.6 is 0 Å². The van der Waals surface area contributed by atoms with Crippen molar-refractivity contribution >= 4 is 0 Å². The molecular formula is C29H60. The van der Waals surface area contributed by atoms with Crippen molar-refractivity contribution < 1.29 is 0 Å². The van der Waals surface area contributed by atoms with E-state index in [0.717, 1.165) is 5.92 Å². The van der Waals surface area contributed by atoms with Crippen LogP contribution in [0.15, 0.2) is 0 Å². The first-order valence-corrected chi connectivity index (χ1v) is 14.3. The van der Waals surface area contributed by atoms with Crippen LogP contribution in [0.25, 0.3) is 0 Å². The molecule has 0 aliphatic heterocycles. The summed E-state index contributed by atoms with van der Waals surface area (Å²) in [7, 11) is 0. The van der Waals surface area contributed by atoms with Crippen molar-refractivity contribution in [1.29, 1.82) is 0 Å². The third kappa shape index (κ3) is 24.1. The molecule has 0 N–H and O–H groups in total. The Labute approximate surface area is 187 Å². The molecule has 0 bridgehead atoms. The zero-order chi connectivity index (χ0) is 21.3. The molecule has 0 saturated carbocycles. The number of rotatable bonds is 25. The molecule has 176 valence electrons. The van der Waals surface area contributed by atoms with Gasteiger partial charge in [-0.1, -0.05) is 181 Å². The van der Waals surface area contributed by atoms with Gasteiger partial charge in [0.05, 0.1) is 0 Å². The van der Waals surface area contributed by atoms with Gasteiger partial charge in [0.1, 0.15) is 0 Å². The number of hydrogen-bond donors (Lipinski definition) is 0. The minimum Gasteiger partial charge on any atom is -0.0654 e. The minimum absolute atomic E-state index is 1.04. The van der Waals surface area contributed by atoms with Crippen LogP contribution in [0.3, 0.4) is 0 Å². The first-order valence-electron chi connectivity index (χ1n) is 14.3. The lowest BCUT2D eigenvalue weighted by molar-refractivity contribution is 0.371. The highest BCUT2D eigenvalue weighted by atomic mass is 14.1. The van der Waals surface area contributed by atoms with E-state index in [0.29, 0.717) is 0 Å². The topological polar surface area (TPSA) is 0 Å². The molecule has 0 aliphatic carbocycles. The first kappa shape index (κ1) is 29.0. The van der Waals surface area contributed by atoms with E-state index in [1.54, 1.807) is 0 Å².